The van der Waals surface area contributed by atoms with Crippen molar-refractivity contribution in [2.24, 2.45) is 22.7 Å². The van der Waals surface area contributed by atoms with E-state index in [1.54, 1.807) is 0 Å². The van der Waals surface area contributed by atoms with Crippen LogP contribution < -0.4 is 10.6 Å². The molecule has 4 atom stereocenters. The highest BCUT2D eigenvalue weighted by Crippen LogP contribution is 2.36. The Kier molecular flexibility index (Phi) is 5.56. The number of likely N-dealkylation sites (tertiary alicyclic amines) is 1. The average Bonchev–Trinajstić information content (AvgIpc) is 3.29. The Morgan fingerprint density at radius 3 is 2.45 bits per heavy atom. The molecule has 0 aromatic rings. The highest BCUT2D eigenvalue weighted by Gasteiger charge is 2.38. The predicted octanol–water partition coefficient (Wildman–Crippen LogP) is 1.91. The highest BCUT2D eigenvalue weighted by atomic mass is 127. The first-order valence-electron chi connectivity index (χ1n) is 7.88. The van der Waals surface area contributed by atoms with Crippen LogP contribution >= 0.6 is 24.0 Å². The van der Waals surface area contributed by atoms with E-state index in [9.17, 15) is 0 Å². The van der Waals surface area contributed by atoms with Crippen molar-refractivity contribution in [3.8, 4) is 0 Å². The van der Waals surface area contributed by atoms with Crippen LogP contribution in [0.2, 0.25) is 0 Å². The summed E-state index contributed by atoms with van der Waals surface area (Å²) >= 11 is 0. The SMILES string of the molecule is CN=C(NCC1CC1C)NC1CN(C2CC2)CC1C.I. The molecule has 0 amide bonds. The van der Waals surface area contributed by atoms with Crippen molar-refractivity contribution in [2.45, 2.75) is 45.2 Å². The van der Waals surface area contributed by atoms with Crippen molar-refractivity contribution in [3.05, 3.63) is 0 Å². The third kappa shape index (κ3) is 4.00. The summed E-state index contributed by atoms with van der Waals surface area (Å²) in [6.45, 7) is 8.20. The molecule has 1 aliphatic heterocycles. The molecule has 4 nitrogen and oxygen atoms in total. The zero-order chi connectivity index (χ0) is 13.4. The van der Waals surface area contributed by atoms with E-state index in [0.29, 0.717) is 6.04 Å². The van der Waals surface area contributed by atoms with E-state index in [1.165, 1.54) is 32.4 Å². The average molecular weight is 392 g/mol. The van der Waals surface area contributed by atoms with Crippen LogP contribution in [0.3, 0.4) is 0 Å². The molecule has 5 heteroatoms. The Balaban J connectivity index is 0.00000147. The number of hydrogen-bond acceptors (Lipinski definition) is 2. The molecule has 116 valence electrons. The van der Waals surface area contributed by atoms with Gasteiger partial charge in [0, 0.05) is 38.8 Å². The molecule has 3 rings (SSSR count). The summed E-state index contributed by atoms with van der Waals surface area (Å²) in [4.78, 5) is 7.02. The number of nitrogens with one attached hydrogen (secondary N) is 2. The van der Waals surface area contributed by atoms with E-state index in [2.05, 4.69) is 34.4 Å². The van der Waals surface area contributed by atoms with Gasteiger partial charge in [-0.2, -0.15) is 0 Å². The summed E-state index contributed by atoms with van der Waals surface area (Å²) in [5, 5.41) is 7.11. The molecule has 1 saturated heterocycles. The third-order valence-corrected chi connectivity index (χ3v) is 5.06. The molecule has 0 radical (unpaired) electrons. The number of rotatable bonds is 4. The lowest BCUT2D eigenvalue weighted by atomic mass is 10.1. The van der Waals surface area contributed by atoms with Gasteiger partial charge in [-0.25, -0.2) is 0 Å². The lowest BCUT2D eigenvalue weighted by Gasteiger charge is -2.20. The zero-order valence-electron chi connectivity index (χ0n) is 12.9. The Labute approximate surface area is 140 Å². The van der Waals surface area contributed by atoms with Crippen LogP contribution in [0.4, 0.5) is 0 Å². The summed E-state index contributed by atoms with van der Waals surface area (Å²) < 4.78 is 0. The molecule has 4 unspecified atom stereocenters. The topological polar surface area (TPSA) is 39.7 Å². The third-order valence-electron chi connectivity index (χ3n) is 5.06. The molecule has 3 aliphatic rings. The monoisotopic (exact) mass is 392 g/mol. The first-order chi connectivity index (χ1) is 9.17. The molecule has 3 fully saturated rings. The quantitative estimate of drug-likeness (QED) is 0.436. The normalized spacial score (nSPS) is 37.5. The number of aliphatic imine (C=N–C) groups is 1. The number of hydrogen-bond donors (Lipinski definition) is 2. The van der Waals surface area contributed by atoms with Gasteiger partial charge in [-0.15, -0.1) is 24.0 Å². The van der Waals surface area contributed by atoms with Gasteiger partial charge in [-0.05, 0) is 37.0 Å². The Bertz CT molecular complexity index is 356. The lowest BCUT2D eigenvalue weighted by molar-refractivity contribution is 0.315. The first kappa shape index (κ1) is 16.3. The predicted molar refractivity (Wildman–Crippen MR) is 94.7 cm³/mol. The van der Waals surface area contributed by atoms with Gasteiger partial charge in [0.25, 0.3) is 0 Å². The molecular weight excluding hydrogens is 363 g/mol. The molecule has 2 N–H and O–H groups in total. The lowest BCUT2D eigenvalue weighted by Crippen LogP contribution is -2.47. The maximum absolute atomic E-state index is 4.37. The minimum atomic E-state index is 0. The summed E-state index contributed by atoms with van der Waals surface area (Å²) in [6, 6.07) is 1.44. The maximum atomic E-state index is 4.37. The highest BCUT2D eigenvalue weighted by molar-refractivity contribution is 14.0. The van der Waals surface area contributed by atoms with E-state index in [4.69, 9.17) is 0 Å². The summed E-state index contributed by atoms with van der Waals surface area (Å²) in [6.07, 6.45) is 4.19. The Morgan fingerprint density at radius 1 is 1.20 bits per heavy atom. The van der Waals surface area contributed by atoms with Gasteiger partial charge in [-0.3, -0.25) is 9.89 Å². The van der Waals surface area contributed by atoms with Crippen LogP contribution in [0.25, 0.3) is 0 Å². The van der Waals surface area contributed by atoms with Gasteiger partial charge in [0.15, 0.2) is 5.96 Å². The molecule has 0 spiro atoms. The van der Waals surface area contributed by atoms with Gasteiger partial charge in [-0.1, -0.05) is 13.8 Å². The summed E-state index contributed by atoms with van der Waals surface area (Å²) in [7, 11) is 1.88. The second-order valence-electron chi connectivity index (χ2n) is 6.84. The number of halogens is 1. The minimum absolute atomic E-state index is 0. The van der Waals surface area contributed by atoms with E-state index >= 15 is 0 Å². The van der Waals surface area contributed by atoms with Crippen LogP contribution in [0.1, 0.15) is 33.1 Å². The number of nitrogens with zero attached hydrogens (tertiary/aromatic N) is 2. The molecule has 0 bridgehead atoms. The van der Waals surface area contributed by atoms with E-state index < -0.39 is 0 Å². The first-order valence-corrected chi connectivity index (χ1v) is 7.88. The van der Waals surface area contributed by atoms with Gasteiger partial charge < -0.3 is 10.6 Å². The van der Waals surface area contributed by atoms with E-state index in [0.717, 1.165) is 36.3 Å². The van der Waals surface area contributed by atoms with Gasteiger partial charge in [0.2, 0.25) is 0 Å². The van der Waals surface area contributed by atoms with Crippen molar-refractivity contribution in [3.63, 3.8) is 0 Å². The van der Waals surface area contributed by atoms with Crippen molar-refractivity contribution in [1.29, 1.82) is 0 Å². The maximum Gasteiger partial charge on any atom is 0.191 e. The fourth-order valence-corrected chi connectivity index (χ4v) is 3.21. The van der Waals surface area contributed by atoms with Crippen LogP contribution in [0.15, 0.2) is 4.99 Å². The largest absolute Gasteiger partial charge is 0.356 e. The molecular formula is C15H29IN4. The molecule has 20 heavy (non-hydrogen) atoms. The molecule has 0 aromatic carbocycles. The van der Waals surface area contributed by atoms with Crippen molar-refractivity contribution in [1.82, 2.24) is 15.5 Å². The minimum Gasteiger partial charge on any atom is -0.356 e. The number of guanidine groups is 1. The van der Waals surface area contributed by atoms with Crippen LogP contribution in [0, 0.1) is 17.8 Å². The fraction of sp³-hybridized carbons (Fsp3) is 0.933. The Morgan fingerprint density at radius 2 is 1.90 bits per heavy atom. The summed E-state index contributed by atoms with van der Waals surface area (Å²) in [5.41, 5.74) is 0. The van der Waals surface area contributed by atoms with Crippen molar-refractivity contribution >= 4 is 29.9 Å². The smallest absolute Gasteiger partial charge is 0.191 e. The van der Waals surface area contributed by atoms with E-state index in [1.807, 2.05) is 7.05 Å². The zero-order valence-corrected chi connectivity index (χ0v) is 15.3. The van der Waals surface area contributed by atoms with Gasteiger partial charge in [0.1, 0.15) is 0 Å². The van der Waals surface area contributed by atoms with Crippen molar-refractivity contribution in [2.75, 3.05) is 26.7 Å². The standard InChI is InChI=1S/C15H28N4.HI/c1-10-6-12(10)7-17-15(16-3)18-14-9-19(8-11(14)2)13-4-5-13;/h10-14H,4-9H2,1-3H3,(H2,16,17,18);1H. The van der Waals surface area contributed by atoms with Crippen LogP contribution in [0.5, 0.6) is 0 Å². The fourth-order valence-electron chi connectivity index (χ4n) is 3.21. The molecule has 2 aliphatic carbocycles. The summed E-state index contributed by atoms with van der Waals surface area (Å²) in [5.74, 6) is 3.48. The molecule has 1 heterocycles. The van der Waals surface area contributed by atoms with Crippen LogP contribution in [-0.4, -0.2) is 49.6 Å². The van der Waals surface area contributed by atoms with E-state index in [-0.39, 0.29) is 24.0 Å². The van der Waals surface area contributed by atoms with Gasteiger partial charge >= 0.3 is 0 Å². The van der Waals surface area contributed by atoms with Crippen LogP contribution in [-0.2, 0) is 0 Å². The second-order valence-corrected chi connectivity index (χ2v) is 6.84. The second kappa shape index (κ2) is 6.81. The molecule has 2 saturated carbocycles. The van der Waals surface area contributed by atoms with Gasteiger partial charge in [0.05, 0.1) is 0 Å². The van der Waals surface area contributed by atoms with Crippen molar-refractivity contribution < 1.29 is 0 Å². The Hall–Kier alpha value is -0.0400. The molecule has 0 aromatic heterocycles.